The molecular weight excluding hydrogens is 171 g/mol. The van der Waals surface area contributed by atoms with Crippen LogP contribution < -0.4 is 5.73 Å². The van der Waals surface area contributed by atoms with Crippen LogP contribution in [0.5, 0.6) is 0 Å². The van der Waals surface area contributed by atoms with Crippen molar-refractivity contribution in [1.82, 2.24) is 4.98 Å². The molecule has 54 valence electrons. The van der Waals surface area contributed by atoms with Crippen LogP contribution >= 0.6 is 23.2 Å². The van der Waals surface area contributed by atoms with Crippen LogP contribution in [0.4, 0.5) is 5.82 Å². The summed E-state index contributed by atoms with van der Waals surface area (Å²) in [6, 6.07) is 1.74. The number of pyridine rings is 1. The van der Waals surface area contributed by atoms with Gasteiger partial charge < -0.3 is 5.73 Å². The number of nitrogens with zero attached hydrogens (tertiary/aromatic N) is 1. The smallest absolute Gasteiger partial charge is 0.142 e. The summed E-state index contributed by atoms with van der Waals surface area (Å²) in [4.78, 5) is 3.77. The topological polar surface area (TPSA) is 38.9 Å². The molecule has 0 saturated carbocycles. The molecule has 0 atom stereocenters. The van der Waals surface area contributed by atoms with Crippen molar-refractivity contribution in [1.29, 1.82) is 0 Å². The Balaban J connectivity index is 3.14. The number of aromatic nitrogens is 1. The number of halogens is 2. The molecule has 0 aliphatic rings. The first-order chi connectivity index (χ1) is 4.75. The first-order valence-corrected chi connectivity index (χ1v) is 3.61. The second kappa shape index (κ2) is 3.08. The van der Waals surface area contributed by atoms with E-state index in [4.69, 9.17) is 28.9 Å². The van der Waals surface area contributed by atoms with Gasteiger partial charge in [-0.1, -0.05) is 11.6 Å². The molecule has 0 unspecified atom stereocenters. The van der Waals surface area contributed by atoms with Gasteiger partial charge >= 0.3 is 0 Å². The van der Waals surface area contributed by atoms with Crippen molar-refractivity contribution in [2.24, 2.45) is 0 Å². The molecule has 0 aliphatic carbocycles. The summed E-state index contributed by atoms with van der Waals surface area (Å²) < 4.78 is 0. The first-order valence-electron chi connectivity index (χ1n) is 2.70. The lowest BCUT2D eigenvalue weighted by Gasteiger charge is -1.99. The lowest BCUT2D eigenvalue weighted by atomic mass is 10.3. The molecule has 0 aliphatic heterocycles. The standard InChI is InChI=1S/C6H6Cl2N2/c7-3-4-1-2-10-6(9)5(4)8/h1-2H,3H2,(H2,9,10). The summed E-state index contributed by atoms with van der Waals surface area (Å²) in [5.41, 5.74) is 6.21. The van der Waals surface area contributed by atoms with Gasteiger partial charge in [0.2, 0.25) is 0 Å². The van der Waals surface area contributed by atoms with Crippen LogP contribution in [0.2, 0.25) is 5.02 Å². The number of nitrogen functional groups attached to an aromatic ring is 1. The Labute approximate surface area is 69.0 Å². The van der Waals surface area contributed by atoms with Gasteiger partial charge in [-0.3, -0.25) is 0 Å². The molecule has 4 heteroatoms. The van der Waals surface area contributed by atoms with Crippen LogP contribution in [-0.2, 0) is 5.88 Å². The van der Waals surface area contributed by atoms with Crippen LogP contribution in [0.1, 0.15) is 5.56 Å². The van der Waals surface area contributed by atoms with E-state index in [-0.39, 0.29) is 0 Å². The molecule has 0 amide bonds. The molecule has 1 heterocycles. The fourth-order valence-corrected chi connectivity index (χ4v) is 1.07. The van der Waals surface area contributed by atoms with Crippen molar-refractivity contribution in [3.8, 4) is 0 Å². The minimum Gasteiger partial charge on any atom is -0.382 e. The van der Waals surface area contributed by atoms with Crippen LogP contribution in [-0.4, -0.2) is 4.98 Å². The van der Waals surface area contributed by atoms with Crippen LogP contribution in [0, 0.1) is 0 Å². The van der Waals surface area contributed by atoms with Crippen molar-refractivity contribution >= 4 is 29.0 Å². The number of alkyl halides is 1. The maximum atomic E-state index is 5.72. The third-order valence-corrected chi connectivity index (χ3v) is 1.86. The van der Waals surface area contributed by atoms with E-state index >= 15 is 0 Å². The van der Waals surface area contributed by atoms with E-state index < -0.39 is 0 Å². The predicted molar refractivity (Wildman–Crippen MR) is 43.2 cm³/mol. The Morgan fingerprint density at radius 1 is 1.60 bits per heavy atom. The van der Waals surface area contributed by atoms with Gasteiger partial charge in [0.05, 0.1) is 5.02 Å². The Hall–Kier alpha value is -0.470. The summed E-state index contributed by atoms with van der Waals surface area (Å²) in [7, 11) is 0. The molecule has 0 fully saturated rings. The number of hydrogen-bond acceptors (Lipinski definition) is 2. The third-order valence-electron chi connectivity index (χ3n) is 1.14. The lowest BCUT2D eigenvalue weighted by molar-refractivity contribution is 1.28. The summed E-state index contributed by atoms with van der Waals surface area (Å²) in [5.74, 6) is 0.700. The Bertz CT molecular complexity index is 237. The summed E-state index contributed by atoms with van der Waals surface area (Å²) in [6.45, 7) is 0. The highest BCUT2D eigenvalue weighted by molar-refractivity contribution is 6.34. The van der Waals surface area contributed by atoms with Crippen molar-refractivity contribution in [3.63, 3.8) is 0 Å². The van der Waals surface area contributed by atoms with Gasteiger partial charge in [-0.25, -0.2) is 4.98 Å². The molecule has 1 aromatic rings. The van der Waals surface area contributed by atoms with E-state index in [2.05, 4.69) is 4.98 Å². The molecule has 0 spiro atoms. The van der Waals surface area contributed by atoms with Gasteiger partial charge in [0, 0.05) is 12.1 Å². The minimum absolute atomic E-state index is 0.333. The van der Waals surface area contributed by atoms with Gasteiger partial charge in [0.1, 0.15) is 5.82 Å². The quantitative estimate of drug-likeness (QED) is 0.666. The Kier molecular flexibility index (Phi) is 2.35. The van der Waals surface area contributed by atoms with Gasteiger partial charge in [-0.05, 0) is 11.6 Å². The van der Waals surface area contributed by atoms with Gasteiger partial charge in [0.25, 0.3) is 0 Å². The molecular formula is C6H6Cl2N2. The average molecular weight is 177 g/mol. The maximum Gasteiger partial charge on any atom is 0.142 e. The van der Waals surface area contributed by atoms with E-state index in [1.165, 1.54) is 0 Å². The highest BCUT2D eigenvalue weighted by Crippen LogP contribution is 2.21. The highest BCUT2D eigenvalue weighted by Gasteiger charge is 2.01. The first kappa shape index (κ1) is 7.63. The molecule has 1 rings (SSSR count). The van der Waals surface area contributed by atoms with E-state index in [1.54, 1.807) is 12.3 Å². The van der Waals surface area contributed by atoms with Gasteiger partial charge in [0.15, 0.2) is 0 Å². The van der Waals surface area contributed by atoms with E-state index in [0.717, 1.165) is 5.56 Å². The van der Waals surface area contributed by atoms with E-state index in [1.807, 2.05) is 0 Å². The fourth-order valence-electron chi connectivity index (χ4n) is 0.605. The molecule has 2 nitrogen and oxygen atoms in total. The lowest BCUT2D eigenvalue weighted by Crippen LogP contribution is -1.92. The van der Waals surface area contributed by atoms with E-state index in [9.17, 15) is 0 Å². The zero-order valence-corrected chi connectivity index (χ0v) is 6.65. The van der Waals surface area contributed by atoms with Crippen molar-refractivity contribution in [2.75, 3.05) is 5.73 Å². The predicted octanol–water partition coefficient (Wildman–Crippen LogP) is 2.06. The monoisotopic (exact) mass is 176 g/mol. The molecule has 10 heavy (non-hydrogen) atoms. The van der Waals surface area contributed by atoms with Crippen molar-refractivity contribution < 1.29 is 0 Å². The second-order valence-corrected chi connectivity index (χ2v) is 2.45. The highest BCUT2D eigenvalue weighted by atomic mass is 35.5. The Morgan fingerprint density at radius 2 is 2.30 bits per heavy atom. The normalized spacial score (nSPS) is 9.80. The Morgan fingerprint density at radius 3 is 2.80 bits per heavy atom. The largest absolute Gasteiger partial charge is 0.382 e. The maximum absolute atomic E-state index is 5.72. The summed E-state index contributed by atoms with van der Waals surface area (Å²) in [6.07, 6.45) is 1.58. The van der Waals surface area contributed by atoms with Crippen molar-refractivity contribution in [3.05, 3.63) is 22.8 Å². The molecule has 2 N–H and O–H groups in total. The SMILES string of the molecule is Nc1nccc(CCl)c1Cl. The number of hydrogen-bond donors (Lipinski definition) is 1. The zero-order chi connectivity index (χ0) is 7.56. The third kappa shape index (κ3) is 1.33. The summed E-state index contributed by atoms with van der Waals surface area (Å²) in [5, 5.41) is 0.456. The molecule has 1 aromatic heterocycles. The zero-order valence-electron chi connectivity index (χ0n) is 5.14. The van der Waals surface area contributed by atoms with Crippen molar-refractivity contribution in [2.45, 2.75) is 5.88 Å². The summed E-state index contributed by atoms with van der Waals surface area (Å²) >= 11 is 11.3. The second-order valence-electron chi connectivity index (χ2n) is 1.80. The average Bonchev–Trinajstić information content (AvgIpc) is 1.95. The fraction of sp³-hybridized carbons (Fsp3) is 0.167. The molecule has 0 aromatic carbocycles. The minimum atomic E-state index is 0.333. The van der Waals surface area contributed by atoms with E-state index in [0.29, 0.717) is 16.7 Å². The number of nitrogens with two attached hydrogens (primary N) is 1. The van der Waals surface area contributed by atoms with Crippen LogP contribution in [0.25, 0.3) is 0 Å². The number of rotatable bonds is 1. The molecule has 0 saturated heterocycles. The van der Waals surface area contributed by atoms with Crippen LogP contribution in [0.15, 0.2) is 12.3 Å². The molecule has 0 bridgehead atoms. The van der Waals surface area contributed by atoms with Gasteiger partial charge in [-0.2, -0.15) is 0 Å². The molecule has 0 radical (unpaired) electrons. The van der Waals surface area contributed by atoms with Crippen LogP contribution in [0.3, 0.4) is 0 Å². The van der Waals surface area contributed by atoms with Gasteiger partial charge in [-0.15, -0.1) is 11.6 Å². The number of anilines is 1.